The van der Waals surface area contributed by atoms with Gasteiger partial charge >= 0.3 is 0 Å². The summed E-state index contributed by atoms with van der Waals surface area (Å²) in [6.07, 6.45) is 4.21. The van der Waals surface area contributed by atoms with Gasteiger partial charge in [0.05, 0.1) is 0 Å². The summed E-state index contributed by atoms with van der Waals surface area (Å²) >= 11 is 4.62. The highest BCUT2D eigenvalue weighted by Crippen LogP contribution is 2.34. The van der Waals surface area contributed by atoms with Crippen LogP contribution in [-0.4, -0.2) is 0 Å². The second-order valence-corrected chi connectivity index (χ2v) is 4.03. The zero-order valence-electron chi connectivity index (χ0n) is 8.55. The molecule has 3 rings (SSSR count). The highest BCUT2D eigenvalue weighted by molar-refractivity contribution is 7.61. The van der Waals surface area contributed by atoms with Crippen LogP contribution in [0.2, 0.25) is 0 Å². The fraction of sp³-hybridized carbons (Fsp3) is 0.0714. The van der Waals surface area contributed by atoms with Gasteiger partial charge in [0.15, 0.2) is 0 Å². The van der Waals surface area contributed by atoms with E-state index in [-0.39, 0.29) is 5.92 Å². The van der Waals surface area contributed by atoms with E-state index in [9.17, 15) is 0 Å². The topological polar surface area (TPSA) is 4.36 Å². The van der Waals surface area contributed by atoms with E-state index in [0.29, 0.717) is 0 Å². The Kier molecular flexibility index (Phi) is 2.12. The van der Waals surface area contributed by atoms with Crippen molar-refractivity contribution in [3.8, 4) is 6.07 Å². The van der Waals surface area contributed by atoms with Gasteiger partial charge in [-0.25, -0.2) is 0 Å². The summed E-state index contributed by atoms with van der Waals surface area (Å²) in [5.74, 6) is 0.0936. The molecule has 0 saturated heterocycles. The van der Waals surface area contributed by atoms with Crippen LogP contribution in [0, 0.1) is 6.07 Å². The molecule has 1 aliphatic carbocycles. The van der Waals surface area contributed by atoms with Crippen molar-refractivity contribution in [3.63, 3.8) is 0 Å². The fourth-order valence-electron chi connectivity index (χ4n) is 2.27. The maximum absolute atomic E-state index is 4.62. The highest BCUT2D eigenvalue weighted by atomic mass is 32.1. The average molecular weight is 223 g/mol. The van der Waals surface area contributed by atoms with Gasteiger partial charge in [0.25, 0.3) is 6.07 Å². The smallest absolute Gasteiger partial charge is 0.264 e. The third kappa shape index (κ3) is 1.30. The lowest BCUT2D eigenvalue weighted by atomic mass is 9.87. The predicted molar refractivity (Wildman–Crippen MR) is 70.3 cm³/mol. The number of allylic oxidation sites excluding steroid dienone is 1. The summed E-state index contributed by atoms with van der Waals surface area (Å²) in [6.45, 7) is 0. The molecule has 2 heteroatoms. The van der Waals surface area contributed by atoms with Crippen molar-refractivity contribution in [2.24, 2.45) is 0 Å². The molecule has 1 atom stereocenters. The van der Waals surface area contributed by atoms with E-state index in [1.807, 2.05) is 0 Å². The Labute approximate surface area is 99.8 Å². The molecule has 76 valence electrons. The average Bonchev–Trinajstić information content (AvgIpc) is 2.33. The van der Waals surface area contributed by atoms with Gasteiger partial charge in [-0.1, -0.05) is 48.6 Å². The molecule has 0 fully saturated rings. The number of hydrogen-bond donors (Lipinski definition) is 0. The summed E-state index contributed by atoms with van der Waals surface area (Å²) in [6, 6.07) is 15.6. The third-order valence-electron chi connectivity index (χ3n) is 2.96. The third-order valence-corrected chi connectivity index (χ3v) is 3.07. The van der Waals surface area contributed by atoms with Crippen molar-refractivity contribution in [3.05, 3.63) is 57.9 Å². The molecule has 1 unspecified atom stereocenters. The summed E-state index contributed by atoms with van der Waals surface area (Å²) in [5, 5.41) is 2.55. The number of nitrogens with zero attached hydrogens (tertiary/aromatic N) is 1. The van der Waals surface area contributed by atoms with Crippen LogP contribution >= 0.6 is 0 Å². The molecule has 2 aromatic carbocycles. The highest BCUT2D eigenvalue weighted by Gasteiger charge is 2.18. The Hall–Kier alpha value is -1.85. The number of hydrogen-bond acceptors (Lipinski definition) is 1. The van der Waals surface area contributed by atoms with E-state index in [4.69, 9.17) is 0 Å². The molecule has 0 spiro atoms. The second-order valence-electron chi connectivity index (χ2n) is 3.85. The molecular formula is C14H9NS. The van der Waals surface area contributed by atoms with E-state index < -0.39 is 0 Å². The lowest BCUT2D eigenvalue weighted by Crippen LogP contribution is -1.98. The Morgan fingerprint density at radius 3 is 2.75 bits per heavy atom. The van der Waals surface area contributed by atoms with Crippen LogP contribution in [0.1, 0.15) is 17.0 Å². The first-order chi connectivity index (χ1) is 7.90. The maximum Gasteiger partial charge on any atom is 0.265 e. The summed E-state index contributed by atoms with van der Waals surface area (Å²) < 4.78 is 3.60. The zero-order valence-corrected chi connectivity index (χ0v) is 9.37. The lowest BCUT2D eigenvalue weighted by molar-refractivity contribution is 1.14. The molecule has 1 nitrogen and oxygen atoms in total. The van der Waals surface area contributed by atoms with Crippen molar-refractivity contribution in [1.82, 2.24) is 0 Å². The number of benzene rings is 2. The van der Waals surface area contributed by atoms with Crippen LogP contribution in [0.5, 0.6) is 0 Å². The molecule has 0 aliphatic heterocycles. The number of rotatable bonds is 0. The molecule has 0 radical (unpaired) electrons. The molecule has 0 heterocycles. The van der Waals surface area contributed by atoms with Crippen molar-refractivity contribution in [2.45, 2.75) is 5.92 Å². The first-order valence-corrected chi connectivity index (χ1v) is 5.54. The first-order valence-electron chi connectivity index (χ1n) is 5.18. The molecule has 0 amide bonds. The largest absolute Gasteiger partial charge is 0.265 e. The van der Waals surface area contributed by atoms with E-state index in [0.717, 1.165) is 0 Å². The van der Waals surface area contributed by atoms with Crippen LogP contribution < -0.4 is 0 Å². The normalized spacial score (nSPS) is 16.9. The van der Waals surface area contributed by atoms with Crippen molar-refractivity contribution in [2.75, 3.05) is 0 Å². The minimum Gasteiger partial charge on any atom is -0.264 e. The van der Waals surface area contributed by atoms with Gasteiger partial charge in [0.1, 0.15) is 5.92 Å². The van der Waals surface area contributed by atoms with Gasteiger partial charge in [-0.05, 0) is 21.9 Å². The minimum absolute atomic E-state index is 0.0936. The molecule has 1 aliphatic rings. The van der Waals surface area contributed by atoms with Crippen LogP contribution in [0.15, 0.2) is 42.5 Å². The van der Waals surface area contributed by atoms with Crippen LogP contribution in [0.3, 0.4) is 0 Å². The van der Waals surface area contributed by atoms with Gasteiger partial charge in [0.2, 0.25) is 0 Å². The summed E-state index contributed by atoms with van der Waals surface area (Å²) in [5.41, 5.74) is 2.50. The monoisotopic (exact) mass is 223 g/mol. The van der Waals surface area contributed by atoms with E-state index in [2.05, 4.69) is 71.7 Å². The Morgan fingerprint density at radius 2 is 1.94 bits per heavy atom. The van der Waals surface area contributed by atoms with Gasteiger partial charge in [0, 0.05) is 0 Å². The van der Waals surface area contributed by atoms with Gasteiger partial charge in [-0.3, -0.25) is 12.8 Å². The predicted octanol–water partition coefficient (Wildman–Crippen LogP) is 3.75. The maximum atomic E-state index is 4.62. The van der Waals surface area contributed by atoms with E-state index in [1.165, 1.54) is 21.9 Å². The minimum atomic E-state index is 0.0936. The molecule has 16 heavy (non-hydrogen) atoms. The summed E-state index contributed by atoms with van der Waals surface area (Å²) in [4.78, 5) is 0. The SMILES string of the molecule is [S-][N+]#CC1C=Cc2cccc3cccc1c23. The standard InChI is InChI=1S/C14H9NS/c16-15-9-12-8-7-11-4-1-3-10-5-2-6-13(12)14(10)11/h1-8,12H. The molecule has 0 N–H and O–H groups in total. The Bertz CT molecular complexity index is 641. The molecule has 2 aromatic rings. The summed E-state index contributed by atoms with van der Waals surface area (Å²) in [7, 11) is 0. The van der Waals surface area contributed by atoms with Gasteiger partial charge in [-0.2, -0.15) is 4.25 Å². The molecule has 0 saturated carbocycles. The quantitative estimate of drug-likeness (QED) is 0.615. The molecular weight excluding hydrogens is 214 g/mol. The fourth-order valence-corrected chi connectivity index (χ4v) is 2.38. The van der Waals surface area contributed by atoms with Gasteiger partial charge < -0.3 is 0 Å². The van der Waals surface area contributed by atoms with Crippen LogP contribution in [0.4, 0.5) is 0 Å². The van der Waals surface area contributed by atoms with Crippen LogP contribution in [0.25, 0.3) is 21.1 Å². The van der Waals surface area contributed by atoms with E-state index >= 15 is 0 Å². The van der Waals surface area contributed by atoms with Crippen molar-refractivity contribution >= 4 is 29.7 Å². The Morgan fingerprint density at radius 1 is 1.12 bits per heavy atom. The zero-order chi connectivity index (χ0) is 11.0. The lowest BCUT2D eigenvalue weighted by Gasteiger charge is -2.14. The first kappa shape index (κ1) is 9.38. The molecule has 0 aromatic heterocycles. The second kappa shape index (κ2) is 3.62. The van der Waals surface area contributed by atoms with Gasteiger partial charge in [-0.15, -0.1) is 0 Å². The van der Waals surface area contributed by atoms with E-state index in [1.54, 1.807) is 0 Å². The Balaban J connectivity index is 2.38. The van der Waals surface area contributed by atoms with Crippen molar-refractivity contribution < 1.29 is 0 Å². The van der Waals surface area contributed by atoms with Crippen molar-refractivity contribution in [1.29, 1.82) is 0 Å². The molecule has 0 bridgehead atoms. The van der Waals surface area contributed by atoms with Crippen LogP contribution in [-0.2, 0) is 12.8 Å².